The summed E-state index contributed by atoms with van der Waals surface area (Å²) < 4.78 is 0. The minimum absolute atomic E-state index is 0.313. The van der Waals surface area contributed by atoms with E-state index in [4.69, 9.17) is 18.0 Å². The van der Waals surface area contributed by atoms with Crippen molar-refractivity contribution in [3.05, 3.63) is 35.9 Å². The van der Waals surface area contributed by atoms with Gasteiger partial charge in [-0.05, 0) is 24.7 Å². The van der Waals surface area contributed by atoms with Gasteiger partial charge in [0.15, 0.2) is 5.11 Å². The zero-order valence-electron chi connectivity index (χ0n) is 8.55. The lowest BCUT2D eigenvalue weighted by Crippen LogP contribution is -2.30. The monoisotopic (exact) mass is 219 g/mol. The summed E-state index contributed by atoms with van der Waals surface area (Å²) in [6, 6.07) is 10.3. The molecular weight excluding hydrogens is 206 g/mol. The molecule has 1 unspecified atom stereocenters. The first-order valence-electron chi connectivity index (χ1n) is 4.85. The Hall–Kier alpha value is -1.42. The molecule has 0 aliphatic carbocycles. The molecule has 0 fully saturated rings. The Morgan fingerprint density at radius 2 is 2.13 bits per heavy atom. The molecule has 0 radical (unpaired) electrons. The van der Waals surface area contributed by atoms with Gasteiger partial charge in [-0.2, -0.15) is 5.10 Å². The Bertz CT molecular complexity index is 400. The molecule has 1 aliphatic rings. The van der Waals surface area contributed by atoms with E-state index in [1.165, 1.54) is 5.56 Å². The summed E-state index contributed by atoms with van der Waals surface area (Å²) in [5.41, 5.74) is 7.88. The second-order valence-corrected chi connectivity index (χ2v) is 4.04. The van der Waals surface area contributed by atoms with Gasteiger partial charge in [0.05, 0.1) is 6.54 Å². The van der Waals surface area contributed by atoms with Crippen molar-refractivity contribution >= 4 is 23.0 Å². The normalized spacial score (nSPS) is 20.2. The lowest BCUT2D eigenvalue weighted by atomic mass is 9.96. The topological polar surface area (TPSA) is 41.6 Å². The molecule has 1 atom stereocenters. The van der Waals surface area contributed by atoms with Gasteiger partial charge in [0.25, 0.3) is 0 Å². The summed E-state index contributed by atoms with van der Waals surface area (Å²) in [5.74, 6) is 0.313. The van der Waals surface area contributed by atoms with E-state index in [2.05, 4.69) is 17.2 Å². The number of thiocarbonyl (C=S) groups is 1. The number of nitrogens with zero attached hydrogens (tertiary/aromatic N) is 2. The molecule has 0 amide bonds. The third-order valence-corrected chi connectivity index (χ3v) is 2.81. The van der Waals surface area contributed by atoms with Crippen LogP contribution >= 0.6 is 12.2 Å². The lowest BCUT2D eigenvalue weighted by molar-refractivity contribution is 0.479. The predicted molar refractivity (Wildman–Crippen MR) is 65.8 cm³/mol. The SMILES string of the molecule is CC1=NN(C(N)=S)CC1c1ccccc1. The highest BCUT2D eigenvalue weighted by Gasteiger charge is 2.25. The van der Waals surface area contributed by atoms with Gasteiger partial charge in [0, 0.05) is 11.6 Å². The van der Waals surface area contributed by atoms with Crippen molar-refractivity contribution in [2.75, 3.05) is 6.54 Å². The third kappa shape index (κ3) is 1.99. The van der Waals surface area contributed by atoms with Gasteiger partial charge in [0.2, 0.25) is 0 Å². The first-order valence-corrected chi connectivity index (χ1v) is 5.26. The number of rotatable bonds is 1. The molecule has 3 nitrogen and oxygen atoms in total. The Labute approximate surface area is 94.6 Å². The minimum atomic E-state index is 0.313. The van der Waals surface area contributed by atoms with Crippen molar-refractivity contribution in [2.24, 2.45) is 10.8 Å². The molecule has 0 saturated carbocycles. The van der Waals surface area contributed by atoms with Crippen LogP contribution in [0.3, 0.4) is 0 Å². The molecule has 1 aromatic rings. The van der Waals surface area contributed by atoms with Crippen LogP contribution in [-0.4, -0.2) is 22.4 Å². The van der Waals surface area contributed by atoms with Crippen LogP contribution in [-0.2, 0) is 0 Å². The smallest absolute Gasteiger partial charge is 0.186 e. The van der Waals surface area contributed by atoms with Crippen LogP contribution in [0.5, 0.6) is 0 Å². The molecule has 1 aromatic carbocycles. The van der Waals surface area contributed by atoms with Crippen molar-refractivity contribution < 1.29 is 0 Å². The molecule has 0 spiro atoms. The van der Waals surface area contributed by atoms with Crippen LogP contribution in [0.2, 0.25) is 0 Å². The van der Waals surface area contributed by atoms with E-state index in [1.807, 2.05) is 25.1 Å². The van der Waals surface area contributed by atoms with Crippen LogP contribution in [0.15, 0.2) is 35.4 Å². The van der Waals surface area contributed by atoms with E-state index in [0.29, 0.717) is 11.0 Å². The van der Waals surface area contributed by atoms with Gasteiger partial charge >= 0.3 is 0 Å². The first kappa shape index (κ1) is 10.1. The van der Waals surface area contributed by atoms with Gasteiger partial charge in [-0.3, -0.25) is 0 Å². The second kappa shape index (κ2) is 3.98. The quantitative estimate of drug-likeness (QED) is 0.731. The van der Waals surface area contributed by atoms with Crippen LogP contribution in [0.1, 0.15) is 18.4 Å². The molecule has 1 aliphatic heterocycles. The number of nitrogens with two attached hydrogens (primary N) is 1. The molecule has 4 heteroatoms. The number of hydrogen-bond donors (Lipinski definition) is 1. The highest BCUT2D eigenvalue weighted by atomic mass is 32.1. The van der Waals surface area contributed by atoms with E-state index < -0.39 is 0 Å². The fourth-order valence-corrected chi connectivity index (χ4v) is 1.89. The van der Waals surface area contributed by atoms with Crippen LogP contribution in [0.4, 0.5) is 0 Å². The maximum Gasteiger partial charge on any atom is 0.186 e. The molecule has 0 aromatic heterocycles. The maximum absolute atomic E-state index is 5.55. The molecule has 78 valence electrons. The number of hydrazone groups is 1. The van der Waals surface area contributed by atoms with Crippen LogP contribution in [0.25, 0.3) is 0 Å². The largest absolute Gasteiger partial charge is 0.375 e. The van der Waals surface area contributed by atoms with Gasteiger partial charge in [-0.25, -0.2) is 5.01 Å². The molecular formula is C11H13N3S. The van der Waals surface area contributed by atoms with E-state index >= 15 is 0 Å². The average Bonchev–Trinajstić information content (AvgIpc) is 2.62. The van der Waals surface area contributed by atoms with E-state index in [0.717, 1.165) is 12.3 Å². The van der Waals surface area contributed by atoms with Gasteiger partial charge in [0.1, 0.15) is 0 Å². The Morgan fingerprint density at radius 3 is 2.67 bits per heavy atom. The van der Waals surface area contributed by atoms with Crippen molar-refractivity contribution in [2.45, 2.75) is 12.8 Å². The highest BCUT2D eigenvalue weighted by molar-refractivity contribution is 7.80. The van der Waals surface area contributed by atoms with E-state index in [1.54, 1.807) is 5.01 Å². The predicted octanol–water partition coefficient (Wildman–Crippen LogP) is 1.71. The second-order valence-electron chi connectivity index (χ2n) is 3.62. The first-order chi connectivity index (χ1) is 7.18. The zero-order chi connectivity index (χ0) is 10.8. The van der Waals surface area contributed by atoms with E-state index in [-0.39, 0.29) is 0 Å². The summed E-state index contributed by atoms with van der Waals surface area (Å²) >= 11 is 4.91. The molecule has 0 bridgehead atoms. The zero-order valence-corrected chi connectivity index (χ0v) is 9.37. The van der Waals surface area contributed by atoms with Crippen molar-refractivity contribution in [3.63, 3.8) is 0 Å². The van der Waals surface area contributed by atoms with Gasteiger partial charge in [-0.15, -0.1) is 0 Å². The average molecular weight is 219 g/mol. The van der Waals surface area contributed by atoms with E-state index in [9.17, 15) is 0 Å². The maximum atomic E-state index is 5.55. The van der Waals surface area contributed by atoms with Crippen LogP contribution < -0.4 is 5.73 Å². The summed E-state index contributed by atoms with van der Waals surface area (Å²) in [6.45, 7) is 2.76. The van der Waals surface area contributed by atoms with Crippen molar-refractivity contribution in [3.8, 4) is 0 Å². The minimum Gasteiger partial charge on any atom is -0.375 e. The summed E-state index contributed by atoms with van der Waals surface area (Å²) in [7, 11) is 0. The van der Waals surface area contributed by atoms with Crippen molar-refractivity contribution in [1.82, 2.24) is 5.01 Å². The Balaban J connectivity index is 2.22. The number of benzene rings is 1. The highest BCUT2D eigenvalue weighted by Crippen LogP contribution is 2.24. The molecule has 15 heavy (non-hydrogen) atoms. The fourth-order valence-electron chi connectivity index (χ4n) is 1.78. The Kier molecular flexibility index (Phi) is 2.68. The van der Waals surface area contributed by atoms with Crippen LogP contribution in [0, 0.1) is 0 Å². The fraction of sp³-hybridized carbons (Fsp3) is 0.273. The lowest BCUT2D eigenvalue weighted by Gasteiger charge is -2.13. The number of hydrogen-bond acceptors (Lipinski definition) is 2. The summed E-state index contributed by atoms with van der Waals surface area (Å²) in [6.07, 6.45) is 0. The molecule has 1 heterocycles. The molecule has 2 N–H and O–H groups in total. The van der Waals surface area contributed by atoms with Gasteiger partial charge < -0.3 is 5.73 Å². The van der Waals surface area contributed by atoms with Crippen molar-refractivity contribution in [1.29, 1.82) is 0 Å². The molecule has 2 rings (SSSR count). The third-order valence-electron chi connectivity index (χ3n) is 2.59. The van der Waals surface area contributed by atoms with Gasteiger partial charge in [-0.1, -0.05) is 30.3 Å². The molecule has 0 saturated heterocycles. The summed E-state index contributed by atoms with van der Waals surface area (Å²) in [5, 5.41) is 6.35. The Morgan fingerprint density at radius 1 is 1.47 bits per heavy atom. The summed E-state index contributed by atoms with van der Waals surface area (Å²) in [4.78, 5) is 0. The standard InChI is InChI=1S/C11H13N3S/c1-8-10(7-14(13-8)11(12)15)9-5-3-2-4-6-9/h2-6,10H,7H2,1H3,(H2,12,15).